The third-order valence-electron chi connectivity index (χ3n) is 4.57. The van der Waals surface area contributed by atoms with Crippen molar-refractivity contribution in [2.75, 3.05) is 5.32 Å². The fraction of sp³-hybridized carbons (Fsp3) is 0.333. The second-order valence-electron chi connectivity index (χ2n) is 6.29. The molecule has 1 saturated carbocycles. The van der Waals surface area contributed by atoms with Gasteiger partial charge in [0.1, 0.15) is 0 Å². The van der Waals surface area contributed by atoms with E-state index in [1.165, 1.54) is 0 Å². The minimum Gasteiger partial charge on any atom is -0.326 e. The summed E-state index contributed by atoms with van der Waals surface area (Å²) in [5, 5.41) is 15.7. The zero-order chi connectivity index (χ0) is 16.5. The lowest BCUT2D eigenvalue weighted by atomic mass is 10.1. The van der Waals surface area contributed by atoms with Gasteiger partial charge in [-0.25, -0.2) is 0 Å². The molecule has 24 heavy (non-hydrogen) atoms. The molecule has 1 fully saturated rings. The van der Waals surface area contributed by atoms with Crippen LogP contribution in [0.2, 0.25) is 0 Å². The number of aromatic nitrogens is 4. The van der Waals surface area contributed by atoms with Gasteiger partial charge in [-0.2, -0.15) is 9.61 Å². The first-order valence-corrected chi connectivity index (χ1v) is 8.31. The maximum atomic E-state index is 12.3. The van der Waals surface area contributed by atoms with E-state index in [-0.39, 0.29) is 11.8 Å². The number of anilines is 1. The first-order valence-electron chi connectivity index (χ1n) is 8.31. The Kier molecular flexibility index (Phi) is 3.72. The fourth-order valence-electron chi connectivity index (χ4n) is 3.24. The molecule has 0 unspecified atom stereocenters. The average molecular weight is 321 g/mol. The smallest absolute Gasteiger partial charge is 0.227 e. The van der Waals surface area contributed by atoms with E-state index in [0.29, 0.717) is 0 Å². The number of carbonyl (C=O) groups is 1. The molecule has 4 rings (SSSR count). The summed E-state index contributed by atoms with van der Waals surface area (Å²) in [7, 11) is 0. The van der Waals surface area contributed by atoms with E-state index in [2.05, 4.69) is 20.6 Å². The third kappa shape index (κ3) is 2.75. The Morgan fingerprint density at radius 3 is 2.83 bits per heavy atom. The molecule has 2 aromatic heterocycles. The molecule has 1 aliphatic rings. The number of nitrogens with one attached hydrogen (secondary N) is 1. The van der Waals surface area contributed by atoms with Gasteiger partial charge in [-0.3, -0.25) is 4.79 Å². The quantitative estimate of drug-likeness (QED) is 0.804. The highest BCUT2D eigenvalue weighted by Gasteiger charge is 2.22. The van der Waals surface area contributed by atoms with Crippen LogP contribution in [0.25, 0.3) is 16.9 Å². The van der Waals surface area contributed by atoms with Gasteiger partial charge in [-0.15, -0.1) is 10.2 Å². The predicted molar refractivity (Wildman–Crippen MR) is 91.5 cm³/mol. The van der Waals surface area contributed by atoms with Gasteiger partial charge < -0.3 is 5.32 Å². The summed E-state index contributed by atoms with van der Waals surface area (Å²) in [4.78, 5) is 12.3. The minimum absolute atomic E-state index is 0.128. The Bertz CT molecular complexity index is 895. The Morgan fingerprint density at radius 2 is 2.00 bits per heavy atom. The van der Waals surface area contributed by atoms with Crippen molar-refractivity contribution in [3.63, 3.8) is 0 Å². The van der Waals surface area contributed by atoms with Gasteiger partial charge in [-0.05, 0) is 44.0 Å². The summed E-state index contributed by atoms with van der Waals surface area (Å²) in [6, 6.07) is 11.6. The minimum atomic E-state index is 0.128. The predicted octanol–water partition coefficient (Wildman–Crippen LogP) is 3.23. The topological polar surface area (TPSA) is 72.2 Å². The second-order valence-corrected chi connectivity index (χ2v) is 6.29. The van der Waals surface area contributed by atoms with Crippen LogP contribution in [0.3, 0.4) is 0 Å². The van der Waals surface area contributed by atoms with Crippen molar-refractivity contribution in [3.8, 4) is 11.3 Å². The van der Waals surface area contributed by atoms with Crippen LogP contribution in [-0.2, 0) is 4.79 Å². The average Bonchev–Trinajstić information content (AvgIpc) is 3.25. The summed E-state index contributed by atoms with van der Waals surface area (Å²) in [6.07, 6.45) is 4.30. The molecule has 2 heterocycles. The zero-order valence-electron chi connectivity index (χ0n) is 13.6. The van der Waals surface area contributed by atoms with Crippen molar-refractivity contribution in [2.45, 2.75) is 32.6 Å². The van der Waals surface area contributed by atoms with E-state index in [9.17, 15) is 4.79 Å². The van der Waals surface area contributed by atoms with Crippen LogP contribution in [0.4, 0.5) is 5.69 Å². The number of hydrogen-bond donors (Lipinski definition) is 1. The molecule has 0 spiro atoms. The molecule has 0 radical (unpaired) electrons. The fourth-order valence-corrected chi connectivity index (χ4v) is 3.24. The van der Waals surface area contributed by atoms with Crippen molar-refractivity contribution in [3.05, 3.63) is 42.2 Å². The number of hydrogen-bond acceptors (Lipinski definition) is 4. The third-order valence-corrected chi connectivity index (χ3v) is 4.57. The monoisotopic (exact) mass is 321 g/mol. The molecule has 1 aliphatic carbocycles. The van der Waals surface area contributed by atoms with Gasteiger partial charge in [0, 0.05) is 17.2 Å². The van der Waals surface area contributed by atoms with Gasteiger partial charge in [-0.1, -0.05) is 25.0 Å². The summed E-state index contributed by atoms with van der Waals surface area (Å²) in [5.41, 5.74) is 3.31. The summed E-state index contributed by atoms with van der Waals surface area (Å²) in [6.45, 7) is 1.87. The van der Waals surface area contributed by atoms with E-state index in [0.717, 1.165) is 54.1 Å². The molecule has 0 bridgehead atoms. The molecule has 0 saturated heterocycles. The summed E-state index contributed by atoms with van der Waals surface area (Å²) >= 11 is 0. The standard InChI is InChI=1S/C18H19N5O/c1-12-20-21-17-10-9-16(22-23(12)17)14-7-4-8-15(11-14)19-18(24)13-5-2-3-6-13/h4,7-11,13H,2-3,5-6H2,1H3,(H,19,24). The lowest BCUT2D eigenvalue weighted by Gasteiger charge is -2.11. The van der Waals surface area contributed by atoms with Gasteiger partial charge in [0.05, 0.1) is 5.69 Å². The largest absolute Gasteiger partial charge is 0.326 e. The highest BCUT2D eigenvalue weighted by Crippen LogP contribution is 2.27. The molecule has 6 nitrogen and oxygen atoms in total. The first-order chi connectivity index (χ1) is 11.7. The molecular weight excluding hydrogens is 302 g/mol. The van der Waals surface area contributed by atoms with E-state index in [1.807, 2.05) is 43.3 Å². The van der Waals surface area contributed by atoms with Crippen molar-refractivity contribution < 1.29 is 4.79 Å². The highest BCUT2D eigenvalue weighted by atomic mass is 16.1. The number of nitrogens with zero attached hydrogens (tertiary/aromatic N) is 4. The Morgan fingerprint density at radius 1 is 1.17 bits per heavy atom. The lowest BCUT2D eigenvalue weighted by Crippen LogP contribution is -2.20. The van der Waals surface area contributed by atoms with Crippen LogP contribution >= 0.6 is 0 Å². The number of benzene rings is 1. The lowest BCUT2D eigenvalue weighted by molar-refractivity contribution is -0.119. The van der Waals surface area contributed by atoms with Crippen LogP contribution in [0.1, 0.15) is 31.5 Å². The van der Waals surface area contributed by atoms with Crippen LogP contribution in [0.15, 0.2) is 36.4 Å². The van der Waals surface area contributed by atoms with Crippen molar-refractivity contribution in [1.82, 2.24) is 19.8 Å². The SMILES string of the molecule is Cc1nnc2ccc(-c3cccc(NC(=O)C4CCCC4)c3)nn12. The molecule has 122 valence electrons. The van der Waals surface area contributed by atoms with Gasteiger partial charge >= 0.3 is 0 Å². The Hall–Kier alpha value is -2.76. The number of aryl methyl sites for hydroxylation is 1. The Balaban J connectivity index is 1.61. The number of rotatable bonds is 3. The molecule has 6 heteroatoms. The van der Waals surface area contributed by atoms with Crippen LogP contribution in [-0.4, -0.2) is 25.7 Å². The van der Waals surface area contributed by atoms with Crippen LogP contribution < -0.4 is 5.32 Å². The van der Waals surface area contributed by atoms with Crippen molar-refractivity contribution in [2.24, 2.45) is 5.92 Å². The van der Waals surface area contributed by atoms with Crippen LogP contribution in [0, 0.1) is 12.8 Å². The van der Waals surface area contributed by atoms with Gasteiger partial charge in [0.2, 0.25) is 5.91 Å². The van der Waals surface area contributed by atoms with Crippen molar-refractivity contribution in [1.29, 1.82) is 0 Å². The molecule has 1 N–H and O–H groups in total. The van der Waals surface area contributed by atoms with E-state index >= 15 is 0 Å². The maximum absolute atomic E-state index is 12.3. The molecule has 3 aromatic rings. The second kappa shape index (κ2) is 6.03. The maximum Gasteiger partial charge on any atom is 0.227 e. The normalized spacial score (nSPS) is 15.0. The van der Waals surface area contributed by atoms with E-state index in [1.54, 1.807) is 4.52 Å². The summed E-state index contributed by atoms with van der Waals surface area (Å²) < 4.78 is 1.72. The van der Waals surface area contributed by atoms with Crippen molar-refractivity contribution >= 4 is 17.2 Å². The molecule has 1 amide bonds. The molecule has 0 aliphatic heterocycles. The van der Waals surface area contributed by atoms with E-state index in [4.69, 9.17) is 0 Å². The highest BCUT2D eigenvalue weighted by molar-refractivity contribution is 5.93. The Labute approximate surface area is 139 Å². The molecule has 1 aromatic carbocycles. The number of fused-ring (bicyclic) bond motifs is 1. The molecular formula is C18H19N5O. The molecule has 0 atom stereocenters. The number of amides is 1. The summed E-state index contributed by atoms with van der Waals surface area (Å²) in [5.74, 6) is 1.03. The first kappa shape index (κ1) is 14.8. The zero-order valence-corrected chi connectivity index (χ0v) is 13.6. The van der Waals surface area contributed by atoms with Gasteiger partial charge in [0.25, 0.3) is 0 Å². The number of carbonyl (C=O) groups excluding carboxylic acids is 1. The van der Waals surface area contributed by atoms with Gasteiger partial charge in [0.15, 0.2) is 11.5 Å². The van der Waals surface area contributed by atoms with Crippen LogP contribution in [0.5, 0.6) is 0 Å². The van der Waals surface area contributed by atoms with E-state index < -0.39 is 0 Å².